The lowest BCUT2D eigenvalue weighted by molar-refractivity contribution is 0.0712. The maximum atomic E-state index is 10.0. The second-order valence-corrected chi connectivity index (χ2v) is 4.80. The number of rotatable bonds is 1. The molecular weight excluding hydrogens is 186 g/mol. The number of hydrogen-bond acceptors (Lipinski definition) is 2. The second-order valence-electron chi connectivity index (χ2n) is 4.80. The fraction of sp³-hybridized carbons (Fsp3) is 0.538. The molecule has 1 N–H and O–H groups in total. The van der Waals surface area contributed by atoms with Gasteiger partial charge in [-0.05, 0) is 38.8 Å². The number of piperidine rings is 1. The second kappa shape index (κ2) is 3.86. The number of nitrogens with zero attached hydrogens (tertiary/aromatic N) is 1. The van der Waals surface area contributed by atoms with E-state index < -0.39 is 0 Å². The van der Waals surface area contributed by atoms with E-state index in [9.17, 15) is 5.11 Å². The van der Waals surface area contributed by atoms with Gasteiger partial charge in [0.25, 0.3) is 0 Å². The van der Waals surface area contributed by atoms with Gasteiger partial charge in [-0.1, -0.05) is 18.2 Å². The van der Waals surface area contributed by atoms with Crippen molar-refractivity contribution < 1.29 is 5.11 Å². The van der Waals surface area contributed by atoms with Crippen molar-refractivity contribution in [1.29, 1.82) is 0 Å². The molecule has 2 rings (SSSR count). The zero-order valence-corrected chi connectivity index (χ0v) is 9.48. The lowest BCUT2D eigenvalue weighted by Crippen LogP contribution is -2.56. The van der Waals surface area contributed by atoms with E-state index in [1.165, 1.54) is 5.69 Å². The molecule has 1 fully saturated rings. The number of para-hydroxylation sites is 1. The van der Waals surface area contributed by atoms with E-state index >= 15 is 0 Å². The van der Waals surface area contributed by atoms with Crippen LogP contribution in [0.5, 0.6) is 0 Å². The van der Waals surface area contributed by atoms with Gasteiger partial charge in [-0.2, -0.15) is 0 Å². The van der Waals surface area contributed by atoms with Crippen LogP contribution in [0.1, 0.15) is 26.7 Å². The molecule has 0 aliphatic carbocycles. The summed E-state index contributed by atoms with van der Waals surface area (Å²) in [5.74, 6) is 0. The summed E-state index contributed by atoms with van der Waals surface area (Å²) < 4.78 is 0. The smallest absolute Gasteiger partial charge is 0.0767 e. The normalized spacial score (nSPS) is 25.3. The third-order valence-electron chi connectivity index (χ3n) is 3.44. The minimum atomic E-state index is -0.230. The fourth-order valence-electron chi connectivity index (χ4n) is 2.33. The molecule has 2 heteroatoms. The molecule has 0 amide bonds. The molecule has 15 heavy (non-hydrogen) atoms. The topological polar surface area (TPSA) is 23.5 Å². The third-order valence-corrected chi connectivity index (χ3v) is 3.44. The Morgan fingerprint density at radius 3 is 2.60 bits per heavy atom. The van der Waals surface area contributed by atoms with Crippen molar-refractivity contribution in [3.05, 3.63) is 30.3 Å². The Kier molecular flexibility index (Phi) is 2.70. The molecule has 1 atom stereocenters. The summed E-state index contributed by atoms with van der Waals surface area (Å²) in [6.07, 6.45) is 1.75. The van der Waals surface area contributed by atoms with Gasteiger partial charge in [0.1, 0.15) is 0 Å². The van der Waals surface area contributed by atoms with Gasteiger partial charge in [0.05, 0.1) is 11.6 Å². The Bertz CT molecular complexity index is 321. The summed E-state index contributed by atoms with van der Waals surface area (Å²) in [6.45, 7) is 5.27. The van der Waals surface area contributed by atoms with Gasteiger partial charge in [-0.3, -0.25) is 0 Å². The Labute approximate surface area is 91.5 Å². The number of aliphatic hydroxyl groups excluding tert-OH is 1. The van der Waals surface area contributed by atoms with E-state index in [0.29, 0.717) is 0 Å². The molecular formula is C13H19NO. The van der Waals surface area contributed by atoms with Crippen LogP contribution in [0.25, 0.3) is 0 Å². The summed E-state index contributed by atoms with van der Waals surface area (Å²) in [6, 6.07) is 10.3. The molecule has 1 unspecified atom stereocenters. The molecule has 0 aromatic heterocycles. The highest BCUT2D eigenvalue weighted by Crippen LogP contribution is 2.32. The Balaban J connectivity index is 2.28. The van der Waals surface area contributed by atoms with Crippen molar-refractivity contribution in [3.8, 4) is 0 Å². The van der Waals surface area contributed by atoms with Gasteiger partial charge in [0.15, 0.2) is 0 Å². The van der Waals surface area contributed by atoms with Crippen molar-refractivity contribution in [2.24, 2.45) is 0 Å². The average molecular weight is 205 g/mol. The van der Waals surface area contributed by atoms with Crippen LogP contribution in [0, 0.1) is 0 Å². The molecule has 0 bridgehead atoms. The molecule has 0 saturated carbocycles. The summed E-state index contributed by atoms with van der Waals surface area (Å²) in [7, 11) is 0. The summed E-state index contributed by atoms with van der Waals surface area (Å²) >= 11 is 0. The van der Waals surface area contributed by atoms with Crippen molar-refractivity contribution in [2.45, 2.75) is 38.3 Å². The lowest BCUT2D eigenvalue weighted by Gasteiger charge is -2.47. The number of hydrogen-bond donors (Lipinski definition) is 1. The first-order chi connectivity index (χ1) is 7.12. The van der Waals surface area contributed by atoms with Crippen molar-refractivity contribution >= 4 is 5.69 Å². The summed E-state index contributed by atoms with van der Waals surface area (Å²) in [5.41, 5.74) is 1.06. The van der Waals surface area contributed by atoms with Crippen LogP contribution in [0.4, 0.5) is 5.69 Å². The highest BCUT2D eigenvalue weighted by atomic mass is 16.3. The highest BCUT2D eigenvalue weighted by molar-refractivity contribution is 5.49. The minimum Gasteiger partial charge on any atom is -0.391 e. The number of anilines is 1. The number of benzene rings is 1. The Morgan fingerprint density at radius 1 is 1.27 bits per heavy atom. The average Bonchev–Trinajstić information content (AvgIpc) is 2.23. The lowest BCUT2D eigenvalue weighted by atomic mass is 9.87. The van der Waals surface area contributed by atoms with Crippen molar-refractivity contribution in [2.75, 3.05) is 11.4 Å². The Hall–Kier alpha value is -1.02. The van der Waals surface area contributed by atoms with Crippen LogP contribution in [-0.4, -0.2) is 23.3 Å². The first-order valence-electron chi connectivity index (χ1n) is 5.63. The molecule has 0 spiro atoms. The molecule has 2 nitrogen and oxygen atoms in total. The zero-order valence-electron chi connectivity index (χ0n) is 9.48. The van der Waals surface area contributed by atoms with Gasteiger partial charge in [0.2, 0.25) is 0 Å². The third kappa shape index (κ3) is 1.86. The van der Waals surface area contributed by atoms with E-state index in [0.717, 1.165) is 19.4 Å². The SMILES string of the molecule is CC1(C)C(O)CCCN1c1ccccc1. The molecule has 1 aliphatic rings. The van der Waals surface area contributed by atoms with Crippen LogP contribution >= 0.6 is 0 Å². The van der Waals surface area contributed by atoms with E-state index in [-0.39, 0.29) is 11.6 Å². The molecule has 82 valence electrons. The predicted molar refractivity (Wildman–Crippen MR) is 63.1 cm³/mol. The van der Waals surface area contributed by atoms with Gasteiger partial charge in [-0.15, -0.1) is 0 Å². The Morgan fingerprint density at radius 2 is 1.93 bits per heavy atom. The quantitative estimate of drug-likeness (QED) is 0.761. The summed E-state index contributed by atoms with van der Waals surface area (Å²) in [5, 5.41) is 10.0. The number of aliphatic hydroxyl groups is 1. The van der Waals surface area contributed by atoms with Crippen LogP contribution in [0.3, 0.4) is 0 Å². The van der Waals surface area contributed by atoms with Gasteiger partial charge in [-0.25, -0.2) is 0 Å². The zero-order chi connectivity index (χ0) is 10.9. The molecule has 0 radical (unpaired) electrons. The fourth-order valence-corrected chi connectivity index (χ4v) is 2.33. The molecule has 1 saturated heterocycles. The largest absolute Gasteiger partial charge is 0.391 e. The van der Waals surface area contributed by atoms with E-state index in [2.05, 4.69) is 30.9 Å². The predicted octanol–water partition coefficient (Wildman–Crippen LogP) is 2.43. The van der Waals surface area contributed by atoms with Crippen LogP contribution in [0.2, 0.25) is 0 Å². The maximum Gasteiger partial charge on any atom is 0.0767 e. The molecule has 1 aromatic rings. The van der Waals surface area contributed by atoms with Crippen LogP contribution < -0.4 is 4.90 Å². The van der Waals surface area contributed by atoms with Crippen molar-refractivity contribution in [1.82, 2.24) is 0 Å². The van der Waals surface area contributed by atoms with Crippen LogP contribution in [-0.2, 0) is 0 Å². The van der Waals surface area contributed by atoms with Crippen LogP contribution in [0.15, 0.2) is 30.3 Å². The minimum absolute atomic E-state index is 0.153. The summed E-state index contributed by atoms with van der Waals surface area (Å²) in [4.78, 5) is 2.31. The standard InChI is InChI=1S/C13H19NO/c1-13(2)12(15)9-6-10-14(13)11-7-4-3-5-8-11/h3-5,7-8,12,15H,6,9-10H2,1-2H3. The first kappa shape index (κ1) is 10.5. The van der Waals surface area contributed by atoms with Crippen molar-refractivity contribution in [3.63, 3.8) is 0 Å². The maximum absolute atomic E-state index is 10.0. The highest BCUT2D eigenvalue weighted by Gasteiger charge is 2.37. The van der Waals surface area contributed by atoms with E-state index in [1.54, 1.807) is 0 Å². The van der Waals surface area contributed by atoms with E-state index in [1.807, 2.05) is 18.2 Å². The molecule has 1 aromatic carbocycles. The first-order valence-corrected chi connectivity index (χ1v) is 5.63. The molecule has 1 heterocycles. The van der Waals surface area contributed by atoms with Gasteiger partial charge in [0, 0.05) is 12.2 Å². The van der Waals surface area contributed by atoms with E-state index in [4.69, 9.17) is 0 Å². The van der Waals surface area contributed by atoms with Gasteiger partial charge < -0.3 is 10.0 Å². The monoisotopic (exact) mass is 205 g/mol. The van der Waals surface area contributed by atoms with Gasteiger partial charge >= 0.3 is 0 Å². The molecule has 1 aliphatic heterocycles.